The van der Waals surface area contributed by atoms with Crippen LogP contribution >= 0.6 is 0 Å². The Morgan fingerprint density at radius 2 is 1.97 bits per heavy atom. The summed E-state index contributed by atoms with van der Waals surface area (Å²) in [6, 6.07) is 5.86. The second-order valence-corrected chi connectivity index (χ2v) is 7.54. The average Bonchev–Trinajstić information content (AvgIpc) is 2.78. The van der Waals surface area contributed by atoms with Gasteiger partial charge in [0, 0.05) is 32.9 Å². The molecule has 3 aliphatic heterocycles. The summed E-state index contributed by atoms with van der Waals surface area (Å²) in [5.41, 5.74) is 1.06. The summed E-state index contributed by atoms with van der Waals surface area (Å²) in [6.07, 6.45) is 2.03. The molecule has 3 aliphatic rings. The molecule has 3 amide bonds. The minimum Gasteiger partial charge on any atom is -0.504 e. The topological polar surface area (TPSA) is 111 Å². The van der Waals surface area contributed by atoms with Crippen molar-refractivity contribution in [2.45, 2.75) is 12.5 Å². The van der Waals surface area contributed by atoms with Crippen molar-refractivity contribution < 1.29 is 33.2 Å². The van der Waals surface area contributed by atoms with E-state index in [9.17, 15) is 23.9 Å². The number of likely N-dealkylation sites (N-methyl/N-ethyl adjacent to an activating group) is 2. The number of hydrogen-bond donors (Lipinski definition) is 2. The molecule has 4 rings (SSSR count). The molecule has 0 radical (unpaired) electrons. The van der Waals surface area contributed by atoms with Crippen molar-refractivity contribution >= 4 is 29.1 Å². The monoisotopic (exact) mass is 439 g/mol. The van der Waals surface area contributed by atoms with Gasteiger partial charge in [-0.15, -0.1) is 4.58 Å². The fourth-order valence-electron chi connectivity index (χ4n) is 3.62. The van der Waals surface area contributed by atoms with Gasteiger partial charge in [0.1, 0.15) is 5.82 Å². The predicted octanol–water partition coefficient (Wildman–Crippen LogP) is 0.587. The molecule has 1 aromatic carbocycles. The Kier molecular flexibility index (Phi) is 5.21. The first-order valence-electron chi connectivity index (χ1n) is 9.70. The van der Waals surface area contributed by atoms with Gasteiger partial charge in [0.15, 0.2) is 17.0 Å². The summed E-state index contributed by atoms with van der Waals surface area (Å²) in [5.74, 6) is -3.13. The molecule has 0 aliphatic carbocycles. The summed E-state index contributed by atoms with van der Waals surface area (Å²) in [5, 5.41) is 13.0. The van der Waals surface area contributed by atoms with E-state index < -0.39 is 35.2 Å². The maximum Gasteiger partial charge on any atom is 0.434 e. The van der Waals surface area contributed by atoms with Gasteiger partial charge in [-0.25, -0.2) is 14.2 Å². The van der Waals surface area contributed by atoms with Crippen LogP contribution in [0.15, 0.2) is 64.3 Å². The number of halogens is 1. The van der Waals surface area contributed by atoms with Gasteiger partial charge in [-0.1, -0.05) is 12.1 Å². The number of rotatable bonds is 4. The molecular weight excluding hydrogens is 419 g/mol. The number of amides is 3. The maximum absolute atomic E-state index is 13.3. The lowest BCUT2D eigenvalue weighted by atomic mass is 9.89. The van der Waals surface area contributed by atoms with Crippen molar-refractivity contribution in [3.63, 3.8) is 0 Å². The van der Waals surface area contributed by atoms with Crippen molar-refractivity contribution in [2.24, 2.45) is 4.99 Å². The van der Waals surface area contributed by atoms with E-state index in [1.165, 1.54) is 50.6 Å². The number of aliphatic imine (C=N–C) groups is 1. The zero-order valence-electron chi connectivity index (χ0n) is 17.5. The fraction of sp³-hybridized carbons (Fsp3) is 0.227. The van der Waals surface area contributed by atoms with Crippen LogP contribution in [0.25, 0.3) is 0 Å². The quantitative estimate of drug-likeness (QED) is 0.527. The lowest BCUT2D eigenvalue weighted by Gasteiger charge is -2.30. The second-order valence-electron chi connectivity index (χ2n) is 7.54. The van der Waals surface area contributed by atoms with E-state index in [2.05, 4.69) is 10.3 Å². The molecule has 9 nitrogen and oxygen atoms in total. The molecule has 1 unspecified atom stereocenters. The largest absolute Gasteiger partial charge is 0.504 e. The smallest absolute Gasteiger partial charge is 0.434 e. The van der Waals surface area contributed by atoms with Gasteiger partial charge in [-0.05, 0) is 24.1 Å². The van der Waals surface area contributed by atoms with Gasteiger partial charge in [0.2, 0.25) is 12.3 Å². The first kappa shape index (κ1) is 21.2. The van der Waals surface area contributed by atoms with Crippen molar-refractivity contribution in [1.29, 1.82) is 0 Å². The summed E-state index contributed by atoms with van der Waals surface area (Å²) in [4.78, 5) is 43.6. The molecule has 2 N–H and O–H groups in total. The van der Waals surface area contributed by atoms with E-state index in [1.54, 1.807) is 12.1 Å². The highest BCUT2D eigenvalue weighted by atomic mass is 19.1. The van der Waals surface area contributed by atoms with Gasteiger partial charge < -0.3 is 20.1 Å². The van der Waals surface area contributed by atoms with E-state index in [1.807, 2.05) is 0 Å². The van der Waals surface area contributed by atoms with Crippen LogP contribution in [-0.4, -0.2) is 71.0 Å². The van der Waals surface area contributed by atoms with E-state index in [0.29, 0.717) is 12.0 Å². The van der Waals surface area contributed by atoms with Crippen LogP contribution in [0.2, 0.25) is 0 Å². The number of aliphatic hydroxyl groups is 1. The van der Waals surface area contributed by atoms with Crippen molar-refractivity contribution in [3.05, 3.63) is 70.7 Å². The molecule has 0 saturated carbocycles. The van der Waals surface area contributed by atoms with Gasteiger partial charge in [0.05, 0.1) is 0 Å². The Morgan fingerprint density at radius 3 is 2.59 bits per heavy atom. The molecule has 1 aromatic rings. The Bertz CT molecular complexity index is 1210. The Balaban J connectivity index is 1.86. The highest BCUT2D eigenvalue weighted by Gasteiger charge is 2.52. The van der Waals surface area contributed by atoms with Crippen LogP contribution in [0.5, 0.6) is 0 Å². The molecule has 0 spiro atoms. The maximum atomic E-state index is 13.3. The summed E-state index contributed by atoms with van der Waals surface area (Å²) in [6.45, 7) is 0. The molecule has 10 heteroatoms. The first-order chi connectivity index (χ1) is 15.2. The van der Waals surface area contributed by atoms with E-state index >= 15 is 0 Å². The summed E-state index contributed by atoms with van der Waals surface area (Å²) in [7, 11) is 4.40. The second kappa shape index (κ2) is 7.88. The molecule has 164 valence electrons. The molecule has 0 fully saturated rings. The lowest BCUT2D eigenvalue weighted by molar-refractivity contribution is -0.385. The number of nitrogens with one attached hydrogen (secondary N) is 1. The predicted molar refractivity (Wildman–Crippen MR) is 111 cm³/mol. The molecule has 1 atom stereocenters. The molecule has 0 saturated heterocycles. The van der Waals surface area contributed by atoms with Crippen LogP contribution in [0, 0.1) is 5.82 Å². The lowest BCUT2D eigenvalue weighted by Crippen LogP contribution is -2.52. The van der Waals surface area contributed by atoms with Gasteiger partial charge in [-0.3, -0.25) is 9.59 Å². The molecule has 0 aromatic heterocycles. The van der Waals surface area contributed by atoms with Crippen LogP contribution in [0.1, 0.15) is 5.56 Å². The standard InChI is InChI=1S/C22H19FN4O5/c1-24-20(29)15-18(28)16-17-19(12(9-25-16)8-11-4-6-13(23)7-5-11)32-14(21(30)26(2)3)10-27(17)22(15)31/h4-7,9-10,19H,8H2,1-3H3,(H-,24,28,29,31)/p+1. The number of benzene rings is 1. The number of carbonyl (C=O) groups is 3. The zero-order valence-corrected chi connectivity index (χ0v) is 17.5. The molecular formula is C22H20FN4O5+. The Morgan fingerprint density at radius 1 is 1.28 bits per heavy atom. The first-order valence-corrected chi connectivity index (χ1v) is 9.70. The highest BCUT2D eigenvalue weighted by Crippen LogP contribution is 2.30. The van der Waals surface area contributed by atoms with Crippen LogP contribution in [0.3, 0.4) is 0 Å². The van der Waals surface area contributed by atoms with Crippen molar-refractivity contribution in [1.82, 2.24) is 10.2 Å². The number of hydrogen-bond acceptors (Lipinski definition) is 6. The van der Waals surface area contributed by atoms with E-state index in [0.717, 1.165) is 10.1 Å². The summed E-state index contributed by atoms with van der Waals surface area (Å²) >= 11 is 0. The minimum absolute atomic E-state index is 0.00339. The third kappa shape index (κ3) is 3.39. The van der Waals surface area contributed by atoms with Crippen molar-refractivity contribution in [3.8, 4) is 0 Å². The molecule has 0 bridgehead atoms. The SMILES string of the molecule is CNC(=O)C1=C(O)C2=NC=C(Cc3ccc(F)cc3)C3OC(C(=O)N(C)C)=C[N+](=C23)C1=O. The minimum atomic E-state index is -0.922. The average molecular weight is 439 g/mol. The molecule has 3 heterocycles. The highest BCUT2D eigenvalue weighted by molar-refractivity contribution is 6.52. The van der Waals surface area contributed by atoms with Crippen LogP contribution in [0.4, 0.5) is 4.39 Å². The Labute approximate surface area is 182 Å². The number of aliphatic hydroxyl groups excluding tert-OH is 1. The zero-order chi connectivity index (χ0) is 23.2. The van der Waals surface area contributed by atoms with Crippen LogP contribution in [-0.2, 0) is 25.5 Å². The number of nitrogens with zero attached hydrogens (tertiary/aromatic N) is 3. The molecule has 32 heavy (non-hydrogen) atoms. The normalized spacial score (nSPS) is 19.4. The third-order valence-electron chi connectivity index (χ3n) is 5.22. The van der Waals surface area contributed by atoms with Gasteiger partial charge in [-0.2, -0.15) is 0 Å². The van der Waals surface area contributed by atoms with E-state index in [4.69, 9.17) is 4.74 Å². The van der Waals surface area contributed by atoms with Crippen LogP contribution < -0.4 is 5.32 Å². The fourth-order valence-corrected chi connectivity index (χ4v) is 3.62. The van der Waals surface area contributed by atoms with Gasteiger partial charge >= 0.3 is 5.91 Å². The van der Waals surface area contributed by atoms with E-state index in [-0.39, 0.29) is 23.0 Å². The summed E-state index contributed by atoms with van der Waals surface area (Å²) < 4.78 is 20.4. The van der Waals surface area contributed by atoms with Crippen molar-refractivity contribution in [2.75, 3.05) is 21.1 Å². The number of allylic oxidation sites excluding steroid dienone is 1. The number of ether oxygens (including phenoxy) is 1. The van der Waals surface area contributed by atoms with Gasteiger partial charge in [0.25, 0.3) is 23.3 Å². The number of carbonyl (C=O) groups excluding carboxylic acids is 3. The third-order valence-corrected chi connectivity index (χ3v) is 5.22. The Hall–Kier alpha value is -4.08.